The molecule has 0 bridgehead atoms. The van der Waals surface area contributed by atoms with Gasteiger partial charge in [-0.15, -0.1) is 0 Å². The van der Waals surface area contributed by atoms with Gasteiger partial charge in [-0.05, 0) is 144 Å². The van der Waals surface area contributed by atoms with Crippen LogP contribution in [-0.2, 0) is 6.54 Å². The molecular formula is C43H65NO2. The Morgan fingerprint density at radius 1 is 0.522 bits per heavy atom. The smallest absolute Gasteiger partial charge is 0.231 e. The summed E-state index contributed by atoms with van der Waals surface area (Å²) >= 11 is 0. The van der Waals surface area contributed by atoms with Crippen molar-refractivity contribution in [2.45, 2.75) is 133 Å². The van der Waals surface area contributed by atoms with Crippen LogP contribution in [0.3, 0.4) is 0 Å². The van der Waals surface area contributed by atoms with Gasteiger partial charge in [0.25, 0.3) is 0 Å². The fourth-order valence-corrected chi connectivity index (χ4v) is 5.40. The summed E-state index contributed by atoms with van der Waals surface area (Å²) in [5, 5.41) is 0. The maximum Gasteiger partial charge on any atom is 0.231 e. The van der Waals surface area contributed by atoms with E-state index in [2.05, 4.69) is 122 Å². The highest BCUT2D eigenvalue weighted by atomic mass is 16.7. The fourth-order valence-electron chi connectivity index (χ4n) is 5.40. The van der Waals surface area contributed by atoms with E-state index in [9.17, 15) is 0 Å². The molecule has 0 unspecified atom stereocenters. The van der Waals surface area contributed by atoms with E-state index in [4.69, 9.17) is 9.47 Å². The normalized spacial score (nSPS) is 14.3. The van der Waals surface area contributed by atoms with Crippen LogP contribution in [0.4, 0.5) is 0 Å². The van der Waals surface area contributed by atoms with Crippen molar-refractivity contribution in [2.24, 2.45) is 0 Å². The van der Waals surface area contributed by atoms with Crippen LogP contribution >= 0.6 is 0 Å². The lowest BCUT2D eigenvalue weighted by atomic mass is 10.0. The third kappa shape index (κ3) is 18.2. The van der Waals surface area contributed by atoms with Crippen molar-refractivity contribution >= 4 is 0 Å². The molecule has 1 aromatic carbocycles. The number of ether oxygens (including phenoxy) is 2. The minimum absolute atomic E-state index is 0.316. The van der Waals surface area contributed by atoms with Crippen molar-refractivity contribution in [1.29, 1.82) is 0 Å². The highest BCUT2D eigenvalue weighted by molar-refractivity contribution is 5.44. The molecule has 0 fully saturated rings. The van der Waals surface area contributed by atoms with Crippen molar-refractivity contribution < 1.29 is 9.47 Å². The van der Waals surface area contributed by atoms with Gasteiger partial charge >= 0.3 is 0 Å². The lowest BCUT2D eigenvalue weighted by Gasteiger charge is -2.20. The van der Waals surface area contributed by atoms with Gasteiger partial charge in [0.15, 0.2) is 11.5 Å². The minimum atomic E-state index is 0.316. The summed E-state index contributed by atoms with van der Waals surface area (Å²) in [5.41, 5.74) is 11.5. The lowest BCUT2D eigenvalue weighted by Crippen LogP contribution is -2.24. The zero-order chi connectivity index (χ0) is 33.7. The van der Waals surface area contributed by atoms with Crippen LogP contribution in [0.1, 0.15) is 132 Å². The van der Waals surface area contributed by atoms with Crippen molar-refractivity contribution in [2.75, 3.05) is 19.9 Å². The van der Waals surface area contributed by atoms with E-state index in [1.54, 1.807) is 0 Å². The molecule has 0 spiro atoms. The van der Waals surface area contributed by atoms with Gasteiger partial charge in [-0.1, -0.05) is 87.6 Å². The third-order valence-electron chi connectivity index (χ3n) is 8.52. The van der Waals surface area contributed by atoms with Gasteiger partial charge in [0.2, 0.25) is 6.79 Å². The molecule has 3 nitrogen and oxygen atoms in total. The van der Waals surface area contributed by atoms with Crippen LogP contribution in [0.5, 0.6) is 11.5 Å². The van der Waals surface area contributed by atoms with Crippen LogP contribution in [0.25, 0.3) is 0 Å². The molecule has 3 heteroatoms. The van der Waals surface area contributed by atoms with Crippen molar-refractivity contribution in [1.82, 2.24) is 4.90 Å². The first-order valence-corrected chi connectivity index (χ1v) is 17.7. The molecule has 0 saturated carbocycles. The third-order valence-corrected chi connectivity index (χ3v) is 8.52. The van der Waals surface area contributed by atoms with Gasteiger partial charge in [-0.3, -0.25) is 4.90 Å². The number of fused-ring (bicyclic) bond motifs is 1. The van der Waals surface area contributed by atoms with Gasteiger partial charge in [0.1, 0.15) is 0 Å². The summed E-state index contributed by atoms with van der Waals surface area (Å²) in [6.45, 7) is 23.2. The Labute approximate surface area is 283 Å². The van der Waals surface area contributed by atoms with Crippen molar-refractivity contribution in [3.63, 3.8) is 0 Å². The van der Waals surface area contributed by atoms with Crippen LogP contribution in [0.15, 0.2) is 99.7 Å². The number of benzene rings is 1. The Kier molecular flexibility index (Phi) is 19.1. The molecule has 254 valence electrons. The zero-order valence-electron chi connectivity index (χ0n) is 30.9. The average Bonchev–Trinajstić information content (AvgIpc) is 3.46. The second-order valence-corrected chi connectivity index (χ2v) is 13.9. The van der Waals surface area contributed by atoms with E-state index >= 15 is 0 Å². The predicted molar refractivity (Wildman–Crippen MR) is 202 cm³/mol. The average molecular weight is 628 g/mol. The summed E-state index contributed by atoms with van der Waals surface area (Å²) in [6, 6.07) is 6.35. The van der Waals surface area contributed by atoms with Crippen molar-refractivity contribution in [3.8, 4) is 11.5 Å². The van der Waals surface area contributed by atoms with Crippen LogP contribution in [0.2, 0.25) is 0 Å². The Balaban J connectivity index is 1.91. The maximum atomic E-state index is 5.66. The zero-order valence-corrected chi connectivity index (χ0v) is 30.9. The van der Waals surface area contributed by atoms with Gasteiger partial charge < -0.3 is 9.47 Å². The van der Waals surface area contributed by atoms with E-state index < -0.39 is 0 Å². The van der Waals surface area contributed by atoms with E-state index in [0.717, 1.165) is 88.9 Å². The molecule has 46 heavy (non-hydrogen) atoms. The Morgan fingerprint density at radius 3 is 1.35 bits per heavy atom. The molecule has 1 aliphatic rings. The molecule has 0 aromatic heterocycles. The second kappa shape index (κ2) is 22.5. The summed E-state index contributed by atoms with van der Waals surface area (Å²) in [7, 11) is 0. The summed E-state index contributed by atoms with van der Waals surface area (Å²) in [5.74, 6) is 1.71. The molecule has 1 aromatic rings. The highest BCUT2D eigenvalue weighted by Gasteiger charge is 2.14. The highest BCUT2D eigenvalue weighted by Crippen LogP contribution is 2.33. The molecule has 0 atom stereocenters. The van der Waals surface area contributed by atoms with E-state index in [1.165, 1.54) is 51.0 Å². The number of rotatable bonds is 21. The van der Waals surface area contributed by atoms with Gasteiger partial charge in [0, 0.05) is 19.6 Å². The van der Waals surface area contributed by atoms with Gasteiger partial charge in [-0.25, -0.2) is 0 Å². The molecule has 0 saturated heterocycles. The number of hydrogen-bond donors (Lipinski definition) is 0. The lowest BCUT2D eigenvalue weighted by molar-refractivity contribution is 0.174. The Bertz CT molecular complexity index is 1280. The fraction of sp³-hybridized carbons (Fsp3) is 0.535. The maximum absolute atomic E-state index is 5.66. The molecule has 2 rings (SSSR count). The monoisotopic (exact) mass is 628 g/mol. The predicted octanol–water partition coefficient (Wildman–Crippen LogP) is 12.8. The first kappa shape index (κ1) is 39.1. The topological polar surface area (TPSA) is 21.7 Å². The molecule has 1 heterocycles. The van der Waals surface area contributed by atoms with Crippen molar-refractivity contribution in [3.05, 3.63) is 105 Å². The van der Waals surface area contributed by atoms with Crippen LogP contribution < -0.4 is 9.47 Å². The standard InChI is InChI=1S/C43H65NO2/c1-34(2)15-10-17-36(5)19-12-20-38(7)22-14-24-40(9)28-30-44(32-41-25-26-42-43(31-41)46-33-45-42)29-27-39(8)23-13-21-37(6)18-11-16-35(3)4/h15-16,19,21-22,25-28,31H,10-14,17-18,20,23-24,29-30,32-33H2,1-9H3/b36-19+,37-21?,38-22+,39-27?,40-28+. The van der Waals surface area contributed by atoms with E-state index in [0.29, 0.717) is 6.79 Å². The number of allylic oxidation sites excluding steroid dienone is 12. The summed E-state index contributed by atoms with van der Waals surface area (Å²) < 4.78 is 11.2. The first-order chi connectivity index (χ1) is 22.0. The molecule has 0 amide bonds. The number of nitrogens with zero attached hydrogens (tertiary/aromatic N) is 1. The van der Waals surface area contributed by atoms with E-state index in [-0.39, 0.29) is 0 Å². The summed E-state index contributed by atoms with van der Waals surface area (Å²) in [4.78, 5) is 2.53. The molecule has 0 radical (unpaired) electrons. The van der Waals surface area contributed by atoms with Gasteiger partial charge in [-0.2, -0.15) is 0 Å². The molecule has 0 aliphatic carbocycles. The minimum Gasteiger partial charge on any atom is -0.454 e. The second-order valence-electron chi connectivity index (χ2n) is 13.9. The largest absolute Gasteiger partial charge is 0.454 e. The van der Waals surface area contributed by atoms with Crippen LogP contribution in [0, 0.1) is 0 Å². The molecule has 1 aliphatic heterocycles. The molecular weight excluding hydrogens is 562 g/mol. The van der Waals surface area contributed by atoms with Crippen LogP contribution in [-0.4, -0.2) is 24.8 Å². The summed E-state index contributed by atoms with van der Waals surface area (Å²) in [6.07, 6.45) is 28.2. The Hall–Kier alpha value is -3.04. The SMILES string of the molecule is CC(C)=CCCC(C)=CCCC(C)=CCN(C/C=C(\C)CC/C=C(\C)CC/C=C(\C)CCC=C(C)C)Cc1ccc2c(c1)OCO2. The quantitative estimate of drug-likeness (QED) is 0.127. The Morgan fingerprint density at radius 2 is 0.913 bits per heavy atom. The van der Waals surface area contributed by atoms with E-state index in [1.807, 2.05) is 6.07 Å². The van der Waals surface area contributed by atoms with Gasteiger partial charge in [0.05, 0.1) is 0 Å². The first-order valence-electron chi connectivity index (χ1n) is 17.7. The number of hydrogen-bond acceptors (Lipinski definition) is 3. The molecule has 0 N–H and O–H groups in total.